The number of hydrogen-bond acceptors (Lipinski definition) is 3. The maximum Gasteiger partial charge on any atom is 0.471 e. The number of aromatic carboxylic acids is 1. The van der Waals surface area contributed by atoms with E-state index in [1.54, 1.807) is 0 Å². The summed E-state index contributed by atoms with van der Waals surface area (Å²) in [5, 5.41) is 10.0. The third-order valence-corrected chi connectivity index (χ3v) is 1.63. The summed E-state index contributed by atoms with van der Waals surface area (Å²) in [6.07, 6.45) is -4.11. The molecule has 1 aromatic rings. The van der Waals surface area contributed by atoms with Crippen molar-refractivity contribution in [3.8, 4) is 0 Å². The third-order valence-electron chi connectivity index (χ3n) is 1.63. The lowest BCUT2D eigenvalue weighted by Gasteiger charge is -2.06. The largest absolute Gasteiger partial charge is 0.476 e. The van der Waals surface area contributed by atoms with Gasteiger partial charge < -0.3 is 15.0 Å². The Bertz CT molecular complexity index is 438. The molecule has 0 aliphatic carbocycles. The fraction of sp³-hybridized carbons (Fsp3) is 0.286. The van der Waals surface area contributed by atoms with Gasteiger partial charge in [-0.3, -0.25) is 4.79 Å². The molecule has 0 saturated carbocycles. The molecule has 2 N–H and O–H groups in total. The number of alkyl halides is 3. The van der Waals surface area contributed by atoms with Crippen LogP contribution < -0.4 is 5.32 Å². The smallest absolute Gasteiger partial charge is 0.471 e. The number of anilines is 1. The number of carbonyl (C=O) groups is 2. The van der Waals surface area contributed by atoms with E-state index in [-0.39, 0.29) is 0 Å². The number of aryl methyl sites for hydroxylation is 1. The quantitative estimate of drug-likeness (QED) is 0.789. The van der Waals surface area contributed by atoms with Crippen molar-refractivity contribution in [2.24, 2.45) is 7.05 Å². The molecule has 6 nitrogen and oxygen atoms in total. The van der Waals surface area contributed by atoms with Crippen molar-refractivity contribution in [3.05, 3.63) is 12.0 Å². The number of imidazole rings is 1. The molecular formula is C7H6F3N3O3. The molecule has 1 amide bonds. The van der Waals surface area contributed by atoms with Gasteiger partial charge in [0.1, 0.15) is 0 Å². The topological polar surface area (TPSA) is 84.2 Å². The Kier molecular flexibility index (Phi) is 2.88. The van der Waals surface area contributed by atoms with E-state index >= 15 is 0 Å². The molecule has 88 valence electrons. The van der Waals surface area contributed by atoms with Crippen LogP contribution in [0.3, 0.4) is 0 Å². The molecule has 16 heavy (non-hydrogen) atoms. The Morgan fingerprint density at radius 3 is 2.50 bits per heavy atom. The second-order valence-electron chi connectivity index (χ2n) is 2.81. The molecule has 9 heteroatoms. The number of nitrogens with one attached hydrogen (secondary N) is 1. The molecule has 1 rings (SSSR count). The van der Waals surface area contributed by atoms with Crippen molar-refractivity contribution in [3.63, 3.8) is 0 Å². The predicted octanol–water partition coefficient (Wildman–Crippen LogP) is 0.619. The molecular weight excluding hydrogens is 231 g/mol. The maximum atomic E-state index is 11.9. The van der Waals surface area contributed by atoms with Crippen molar-refractivity contribution in [1.82, 2.24) is 9.55 Å². The van der Waals surface area contributed by atoms with Gasteiger partial charge in [-0.25, -0.2) is 9.78 Å². The number of nitrogens with zero attached hydrogens (tertiary/aromatic N) is 2. The molecule has 0 fully saturated rings. The Balaban J connectivity index is 2.99. The minimum Gasteiger partial charge on any atom is -0.476 e. The highest BCUT2D eigenvalue weighted by atomic mass is 19.4. The SMILES string of the molecule is Cn1cnc(NC(=O)C(F)(F)F)c1C(=O)O. The van der Waals surface area contributed by atoms with Gasteiger partial charge in [0.2, 0.25) is 0 Å². The van der Waals surface area contributed by atoms with Crippen molar-refractivity contribution in [2.45, 2.75) is 6.18 Å². The van der Waals surface area contributed by atoms with Gasteiger partial charge in [0.25, 0.3) is 0 Å². The van der Waals surface area contributed by atoms with Crippen LogP contribution in [0.2, 0.25) is 0 Å². The number of carboxylic acid groups (broad SMARTS) is 1. The Labute approximate surface area is 86.7 Å². The summed E-state index contributed by atoms with van der Waals surface area (Å²) in [5.41, 5.74) is -0.530. The zero-order chi connectivity index (χ0) is 12.5. The van der Waals surface area contributed by atoms with Crippen LogP contribution in [0.5, 0.6) is 0 Å². The number of carbonyl (C=O) groups excluding carboxylic acids is 1. The lowest BCUT2D eigenvalue weighted by atomic mass is 10.4. The summed E-state index contributed by atoms with van der Waals surface area (Å²) in [5.74, 6) is -4.40. The van der Waals surface area contributed by atoms with Crippen LogP contribution >= 0.6 is 0 Å². The summed E-state index contributed by atoms with van der Waals surface area (Å²) in [4.78, 5) is 24.5. The van der Waals surface area contributed by atoms with Gasteiger partial charge in [-0.05, 0) is 0 Å². The van der Waals surface area contributed by atoms with E-state index in [1.165, 1.54) is 12.4 Å². The number of hydrogen-bond donors (Lipinski definition) is 2. The van der Waals surface area contributed by atoms with Crippen LogP contribution in [0.1, 0.15) is 10.5 Å². The molecule has 1 heterocycles. The molecule has 0 saturated heterocycles. The van der Waals surface area contributed by atoms with E-state index in [1.807, 2.05) is 0 Å². The van der Waals surface area contributed by atoms with Crippen molar-refractivity contribution in [2.75, 3.05) is 5.32 Å². The monoisotopic (exact) mass is 237 g/mol. The third kappa shape index (κ3) is 2.30. The van der Waals surface area contributed by atoms with Gasteiger partial charge in [0, 0.05) is 7.05 Å². The Hall–Kier alpha value is -2.06. The van der Waals surface area contributed by atoms with Gasteiger partial charge in [-0.1, -0.05) is 0 Å². The first-order valence-corrected chi connectivity index (χ1v) is 3.86. The summed E-state index contributed by atoms with van der Waals surface area (Å²) in [6, 6.07) is 0. The van der Waals surface area contributed by atoms with E-state index in [0.717, 1.165) is 10.9 Å². The lowest BCUT2D eigenvalue weighted by Crippen LogP contribution is -2.30. The number of rotatable bonds is 2. The molecule has 0 aliphatic rings. The number of amides is 1. The first-order chi connectivity index (χ1) is 7.23. The number of carboxylic acids is 1. The van der Waals surface area contributed by atoms with Crippen molar-refractivity contribution in [1.29, 1.82) is 0 Å². The van der Waals surface area contributed by atoms with Crippen molar-refractivity contribution < 1.29 is 27.9 Å². The van der Waals surface area contributed by atoms with Gasteiger partial charge in [-0.15, -0.1) is 0 Å². The van der Waals surface area contributed by atoms with Crippen LogP contribution in [0.4, 0.5) is 19.0 Å². The van der Waals surface area contributed by atoms with Crippen LogP contribution in [-0.2, 0) is 11.8 Å². The Morgan fingerprint density at radius 1 is 1.50 bits per heavy atom. The van der Waals surface area contributed by atoms with Crippen LogP contribution in [0.15, 0.2) is 6.33 Å². The maximum absolute atomic E-state index is 11.9. The van der Waals surface area contributed by atoms with E-state index in [2.05, 4.69) is 4.98 Å². The summed E-state index contributed by atoms with van der Waals surface area (Å²) >= 11 is 0. The fourth-order valence-corrected chi connectivity index (χ4v) is 0.952. The minimum absolute atomic E-state index is 0.530. The van der Waals surface area contributed by atoms with Gasteiger partial charge in [0.15, 0.2) is 11.5 Å². The normalized spacial score (nSPS) is 11.2. The van der Waals surface area contributed by atoms with E-state index in [0.29, 0.717) is 0 Å². The first kappa shape index (κ1) is 12.0. The highest BCUT2D eigenvalue weighted by molar-refractivity contribution is 6.00. The summed E-state index contributed by atoms with van der Waals surface area (Å²) in [6.45, 7) is 0. The van der Waals surface area contributed by atoms with E-state index < -0.39 is 29.6 Å². The summed E-state index contributed by atoms with van der Waals surface area (Å²) in [7, 11) is 1.28. The molecule has 1 aromatic heterocycles. The molecule has 0 atom stereocenters. The molecule has 0 aliphatic heterocycles. The zero-order valence-electron chi connectivity index (χ0n) is 7.87. The second kappa shape index (κ2) is 3.83. The van der Waals surface area contributed by atoms with E-state index in [9.17, 15) is 22.8 Å². The van der Waals surface area contributed by atoms with Crippen LogP contribution in [0.25, 0.3) is 0 Å². The van der Waals surface area contributed by atoms with Crippen molar-refractivity contribution >= 4 is 17.7 Å². The van der Waals surface area contributed by atoms with Gasteiger partial charge in [-0.2, -0.15) is 13.2 Å². The Morgan fingerprint density at radius 2 is 2.06 bits per heavy atom. The second-order valence-corrected chi connectivity index (χ2v) is 2.81. The number of aromatic nitrogens is 2. The highest BCUT2D eigenvalue weighted by Crippen LogP contribution is 2.19. The fourth-order valence-electron chi connectivity index (χ4n) is 0.952. The molecule has 0 spiro atoms. The average molecular weight is 237 g/mol. The van der Waals surface area contributed by atoms with Crippen LogP contribution in [-0.4, -0.2) is 32.7 Å². The standard InChI is InChI=1S/C7H6F3N3O3/c1-13-2-11-4(3(13)5(14)15)12-6(16)7(8,9)10/h2H,1H3,(H,12,16)(H,14,15). The van der Waals surface area contributed by atoms with Gasteiger partial charge >= 0.3 is 18.1 Å². The predicted molar refractivity (Wildman–Crippen MR) is 44.9 cm³/mol. The zero-order valence-corrected chi connectivity index (χ0v) is 7.87. The first-order valence-electron chi connectivity index (χ1n) is 3.86. The summed E-state index contributed by atoms with van der Waals surface area (Å²) < 4.78 is 36.6. The van der Waals surface area contributed by atoms with Crippen LogP contribution in [0, 0.1) is 0 Å². The average Bonchev–Trinajstić information content (AvgIpc) is 2.45. The molecule has 0 bridgehead atoms. The van der Waals surface area contributed by atoms with Gasteiger partial charge in [0.05, 0.1) is 6.33 Å². The number of halogens is 3. The molecule has 0 unspecified atom stereocenters. The van der Waals surface area contributed by atoms with E-state index in [4.69, 9.17) is 5.11 Å². The molecule has 0 radical (unpaired) electrons. The highest BCUT2D eigenvalue weighted by Gasteiger charge is 2.39. The lowest BCUT2D eigenvalue weighted by molar-refractivity contribution is -0.167. The molecule has 0 aromatic carbocycles. The minimum atomic E-state index is -5.09.